The van der Waals surface area contributed by atoms with Gasteiger partial charge in [0.05, 0.1) is 5.54 Å². The summed E-state index contributed by atoms with van der Waals surface area (Å²) in [6.07, 6.45) is -0.689. The van der Waals surface area contributed by atoms with E-state index >= 15 is 0 Å². The molecule has 1 saturated carbocycles. The van der Waals surface area contributed by atoms with Gasteiger partial charge in [-0.25, -0.2) is 8.78 Å². The van der Waals surface area contributed by atoms with Crippen LogP contribution in [0.25, 0.3) is 0 Å². The molecule has 0 atom stereocenters. The maximum Gasteiger partial charge on any atom is 0.252 e. The second-order valence-corrected chi connectivity index (χ2v) is 4.37. The van der Waals surface area contributed by atoms with Gasteiger partial charge in [0.25, 0.3) is 5.92 Å². The van der Waals surface area contributed by atoms with E-state index in [1.807, 2.05) is 0 Å². The van der Waals surface area contributed by atoms with E-state index < -0.39 is 11.5 Å². The Balaban J connectivity index is 2.28. The summed E-state index contributed by atoms with van der Waals surface area (Å²) in [5.41, 5.74) is 6.15. The number of aryl methyl sites for hydroxylation is 1. The highest BCUT2D eigenvalue weighted by Crippen LogP contribution is 2.50. The van der Waals surface area contributed by atoms with Crippen molar-refractivity contribution in [2.75, 3.05) is 0 Å². The standard InChI is InChI=1S/C11H13F2NO/c1-7-2-3-8(4-9(7)15)10(14)5-11(12,13)6-10/h2-4,15H,5-6,14H2,1H3. The van der Waals surface area contributed by atoms with Crippen LogP contribution in [0.4, 0.5) is 8.78 Å². The van der Waals surface area contributed by atoms with Gasteiger partial charge in [-0.05, 0) is 24.1 Å². The summed E-state index contributed by atoms with van der Waals surface area (Å²) in [4.78, 5) is 0. The predicted octanol–water partition coefficient (Wildman–Crippen LogP) is 2.28. The van der Waals surface area contributed by atoms with Gasteiger partial charge < -0.3 is 10.8 Å². The molecule has 2 rings (SSSR count). The third-order valence-electron chi connectivity index (χ3n) is 2.93. The fraction of sp³-hybridized carbons (Fsp3) is 0.455. The van der Waals surface area contributed by atoms with Gasteiger partial charge in [0.15, 0.2) is 0 Å². The lowest BCUT2D eigenvalue weighted by Crippen LogP contribution is -2.55. The average Bonchev–Trinajstić information content (AvgIpc) is 2.06. The topological polar surface area (TPSA) is 46.2 Å². The van der Waals surface area contributed by atoms with E-state index in [0.717, 1.165) is 0 Å². The minimum atomic E-state index is -2.66. The number of benzene rings is 1. The third-order valence-corrected chi connectivity index (χ3v) is 2.93. The van der Waals surface area contributed by atoms with Gasteiger partial charge in [0.1, 0.15) is 5.75 Å². The van der Waals surface area contributed by atoms with Gasteiger partial charge in [-0.15, -0.1) is 0 Å². The average molecular weight is 213 g/mol. The molecule has 1 aliphatic rings. The van der Waals surface area contributed by atoms with Gasteiger partial charge >= 0.3 is 0 Å². The highest BCUT2D eigenvalue weighted by atomic mass is 19.3. The molecule has 1 aromatic carbocycles. The van der Waals surface area contributed by atoms with E-state index in [9.17, 15) is 13.9 Å². The fourth-order valence-electron chi connectivity index (χ4n) is 1.99. The molecule has 0 heterocycles. The normalized spacial score (nSPS) is 22.1. The molecule has 0 bridgehead atoms. The van der Waals surface area contributed by atoms with Crippen molar-refractivity contribution in [1.29, 1.82) is 0 Å². The number of halogens is 2. The molecule has 3 N–H and O–H groups in total. The number of hydrogen-bond acceptors (Lipinski definition) is 2. The van der Waals surface area contributed by atoms with Crippen LogP contribution in [-0.4, -0.2) is 11.0 Å². The monoisotopic (exact) mass is 213 g/mol. The largest absolute Gasteiger partial charge is 0.508 e. The molecule has 0 aromatic heterocycles. The summed E-state index contributed by atoms with van der Waals surface area (Å²) in [7, 11) is 0. The van der Waals surface area contributed by atoms with Crippen molar-refractivity contribution in [1.82, 2.24) is 0 Å². The van der Waals surface area contributed by atoms with Crippen molar-refractivity contribution >= 4 is 0 Å². The molecule has 0 unspecified atom stereocenters. The summed E-state index contributed by atoms with van der Waals surface area (Å²) in [6, 6.07) is 4.87. The minimum absolute atomic E-state index is 0.104. The van der Waals surface area contributed by atoms with Crippen LogP contribution in [0.15, 0.2) is 18.2 Å². The molecule has 0 aliphatic heterocycles. The van der Waals surface area contributed by atoms with Crippen molar-refractivity contribution in [3.8, 4) is 5.75 Å². The maximum absolute atomic E-state index is 12.8. The molecule has 0 spiro atoms. The molecule has 0 saturated heterocycles. The van der Waals surface area contributed by atoms with Gasteiger partial charge in [-0.3, -0.25) is 0 Å². The first-order chi connectivity index (χ1) is 6.82. The zero-order chi connectivity index (χ0) is 11.3. The molecular formula is C11H13F2NO. The molecule has 2 nitrogen and oxygen atoms in total. The zero-order valence-corrected chi connectivity index (χ0v) is 8.43. The minimum Gasteiger partial charge on any atom is -0.508 e. The fourth-order valence-corrected chi connectivity index (χ4v) is 1.99. The molecule has 1 aliphatic carbocycles. The quantitative estimate of drug-likeness (QED) is 0.751. The maximum atomic E-state index is 12.8. The molecule has 15 heavy (non-hydrogen) atoms. The van der Waals surface area contributed by atoms with Crippen LogP contribution in [0.3, 0.4) is 0 Å². The van der Waals surface area contributed by atoms with Crippen LogP contribution in [0, 0.1) is 6.92 Å². The van der Waals surface area contributed by atoms with Crippen LogP contribution in [0.1, 0.15) is 24.0 Å². The lowest BCUT2D eigenvalue weighted by Gasteiger charge is -2.44. The number of aromatic hydroxyl groups is 1. The first-order valence-electron chi connectivity index (χ1n) is 4.79. The number of phenolic OH excluding ortho intramolecular Hbond substituents is 1. The zero-order valence-electron chi connectivity index (χ0n) is 8.43. The van der Waals surface area contributed by atoms with E-state index in [-0.39, 0.29) is 18.6 Å². The van der Waals surface area contributed by atoms with E-state index in [4.69, 9.17) is 5.73 Å². The van der Waals surface area contributed by atoms with Crippen molar-refractivity contribution < 1.29 is 13.9 Å². The Kier molecular flexibility index (Phi) is 2.01. The molecule has 0 amide bonds. The van der Waals surface area contributed by atoms with Crippen LogP contribution in [-0.2, 0) is 5.54 Å². The Morgan fingerprint density at radius 3 is 2.40 bits per heavy atom. The van der Waals surface area contributed by atoms with Crippen molar-refractivity contribution in [2.45, 2.75) is 31.2 Å². The molecule has 1 aromatic rings. The van der Waals surface area contributed by atoms with Crippen molar-refractivity contribution in [3.05, 3.63) is 29.3 Å². The Hall–Kier alpha value is -1.16. The Morgan fingerprint density at radius 2 is 1.93 bits per heavy atom. The Morgan fingerprint density at radius 1 is 1.33 bits per heavy atom. The lowest BCUT2D eigenvalue weighted by molar-refractivity contribution is -0.125. The molecular weight excluding hydrogens is 200 g/mol. The van der Waals surface area contributed by atoms with Crippen molar-refractivity contribution in [3.63, 3.8) is 0 Å². The van der Waals surface area contributed by atoms with Crippen LogP contribution in [0.2, 0.25) is 0 Å². The van der Waals surface area contributed by atoms with Gasteiger partial charge in [-0.1, -0.05) is 12.1 Å². The van der Waals surface area contributed by atoms with Gasteiger partial charge in [0.2, 0.25) is 0 Å². The molecule has 82 valence electrons. The number of rotatable bonds is 1. The molecule has 0 radical (unpaired) electrons. The van der Waals surface area contributed by atoms with Crippen LogP contribution >= 0.6 is 0 Å². The van der Waals surface area contributed by atoms with Crippen LogP contribution < -0.4 is 5.73 Å². The first kappa shape index (κ1) is 10.4. The summed E-state index contributed by atoms with van der Waals surface area (Å²) in [5, 5.41) is 9.47. The highest BCUT2D eigenvalue weighted by Gasteiger charge is 2.55. The van der Waals surface area contributed by atoms with Crippen molar-refractivity contribution in [2.24, 2.45) is 5.73 Å². The Bertz CT molecular complexity index is 396. The summed E-state index contributed by atoms with van der Waals surface area (Å²) < 4.78 is 25.5. The van der Waals surface area contributed by atoms with Gasteiger partial charge in [0, 0.05) is 12.8 Å². The summed E-state index contributed by atoms with van der Waals surface area (Å²) in [5.74, 6) is -2.55. The first-order valence-corrected chi connectivity index (χ1v) is 4.79. The number of hydrogen-bond donors (Lipinski definition) is 2. The highest BCUT2D eigenvalue weighted by molar-refractivity contribution is 5.40. The summed E-state index contributed by atoms with van der Waals surface area (Å²) >= 11 is 0. The summed E-state index contributed by atoms with van der Waals surface area (Å²) in [6.45, 7) is 1.75. The predicted molar refractivity (Wildman–Crippen MR) is 52.9 cm³/mol. The number of nitrogens with two attached hydrogens (primary N) is 1. The van der Waals surface area contributed by atoms with Crippen LogP contribution in [0.5, 0.6) is 5.75 Å². The van der Waals surface area contributed by atoms with E-state index in [0.29, 0.717) is 11.1 Å². The molecule has 4 heteroatoms. The van der Waals surface area contributed by atoms with E-state index in [1.165, 1.54) is 6.07 Å². The van der Waals surface area contributed by atoms with E-state index in [2.05, 4.69) is 0 Å². The lowest BCUT2D eigenvalue weighted by atomic mass is 9.70. The SMILES string of the molecule is Cc1ccc(C2(N)CC(F)(F)C2)cc1O. The number of alkyl halides is 2. The van der Waals surface area contributed by atoms with Gasteiger partial charge in [-0.2, -0.15) is 0 Å². The Labute approximate surface area is 86.7 Å². The second-order valence-electron chi connectivity index (χ2n) is 4.37. The molecule has 1 fully saturated rings. The third kappa shape index (κ3) is 1.69. The number of phenols is 1. The second kappa shape index (κ2) is 2.92. The van der Waals surface area contributed by atoms with E-state index in [1.54, 1.807) is 19.1 Å². The smallest absolute Gasteiger partial charge is 0.252 e.